The largest absolute Gasteiger partial charge is 0.508 e. The van der Waals surface area contributed by atoms with Gasteiger partial charge in [-0.15, -0.1) is 0 Å². The zero-order valence-corrected chi connectivity index (χ0v) is 13.0. The number of nitrogens with zero attached hydrogens (tertiary/aromatic N) is 1. The average molecular weight is 332 g/mol. The van der Waals surface area contributed by atoms with Gasteiger partial charge in [0.15, 0.2) is 0 Å². The Morgan fingerprint density at radius 1 is 1.22 bits per heavy atom. The highest BCUT2D eigenvalue weighted by molar-refractivity contribution is 6.32. The van der Waals surface area contributed by atoms with Crippen LogP contribution in [0.4, 0.5) is 0 Å². The van der Waals surface area contributed by atoms with Gasteiger partial charge < -0.3 is 19.5 Å². The van der Waals surface area contributed by atoms with Crippen LogP contribution in [0.2, 0.25) is 5.02 Å². The molecule has 5 nitrogen and oxygen atoms in total. The Kier molecular flexibility index (Phi) is 3.88. The van der Waals surface area contributed by atoms with Crippen molar-refractivity contribution in [2.75, 3.05) is 7.11 Å². The number of carboxylic acids is 1. The number of benzene rings is 2. The van der Waals surface area contributed by atoms with E-state index in [-0.39, 0.29) is 11.4 Å². The van der Waals surface area contributed by atoms with Crippen molar-refractivity contribution in [3.05, 3.63) is 58.7 Å². The monoisotopic (exact) mass is 331 g/mol. The first-order valence-corrected chi connectivity index (χ1v) is 7.25. The van der Waals surface area contributed by atoms with Crippen LogP contribution in [0.25, 0.3) is 10.9 Å². The molecule has 0 unspecified atom stereocenters. The van der Waals surface area contributed by atoms with Gasteiger partial charge in [0, 0.05) is 17.4 Å². The standard InChI is InChI=1S/C17H14ClNO4/c1-23-16-5-2-10(6-13(16)18)9-19-14-4-3-12(20)7-11(14)8-15(19)17(21)22/h2-8,20H,9H2,1H3,(H,21,22). The molecule has 1 heterocycles. The highest BCUT2D eigenvalue weighted by Gasteiger charge is 2.15. The van der Waals surface area contributed by atoms with E-state index in [1.165, 1.54) is 13.2 Å². The van der Waals surface area contributed by atoms with E-state index in [0.717, 1.165) is 11.1 Å². The van der Waals surface area contributed by atoms with E-state index in [9.17, 15) is 15.0 Å². The Bertz CT molecular complexity index is 901. The summed E-state index contributed by atoms with van der Waals surface area (Å²) >= 11 is 6.13. The van der Waals surface area contributed by atoms with Crippen molar-refractivity contribution in [2.45, 2.75) is 6.54 Å². The lowest BCUT2D eigenvalue weighted by Gasteiger charge is -2.10. The summed E-state index contributed by atoms with van der Waals surface area (Å²) in [5.74, 6) is -0.365. The van der Waals surface area contributed by atoms with Gasteiger partial charge in [-0.1, -0.05) is 17.7 Å². The van der Waals surface area contributed by atoms with Gasteiger partial charge in [0.25, 0.3) is 0 Å². The summed E-state index contributed by atoms with van der Waals surface area (Å²) < 4.78 is 6.80. The summed E-state index contributed by atoms with van der Waals surface area (Å²) in [6, 6.07) is 11.6. The van der Waals surface area contributed by atoms with Gasteiger partial charge in [-0.05, 0) is 42.0 Å². The minimum atomic E-state index is -1.03. The molecule has 0 spiro atoms. The molecule has 0 bridgehead atoms. The summed E-state index contributed by atoms with van der Waals surface area (Å²) in [6.45, 7) is 0.347. The number of aromatic carboxylic acids is 1. The molecular weight excluding hydrogens is 318 g/mol. The number of aromatic nitrogens is 1. The van der Waals surface area contributed by atoms with Crippen LogP contribution >= 0.6 is 11.6 Å². The first-order valence-electron chi connectivity index (χ1n) is 6.87. The van der Waals surface area contributed by atoms with Gasteiger partial charge in [0.1, 0.15) is 17.2 Å². The summed E-state index contributed by atoms with van der Waals surface area (Å²) in [5, 5.41) is 20.1. The van der Waals surface area contributed by atoms with Crippen LogP contribution in [-0.4, -0.2) is 27.9 Å². The molecule has 0 aliphatic rings. The Labute approximate surface area is 137 Å². The molecule has 0 atom stereocenters. The van der Waals surface area contributed by atoms with Crippen LogP contribution in [0.5, 0.6) is 11.5 Å². The molecule has 2 N–H and O–H groups in total. The van der Waals surface area contributed by atoms with Gasteiger partial charge in [-0.25, -0.2) is 4.79 Å². The summed E-state index contributed by atoms with van der Waals surface area (Å²) in [4.78, 5) is 11.5. The van der Waals surface area contributed by atoms with Gasteiger partial charge in [0.05, 0.1) is 12.1 Å². The molecule has 0 aliphatic heterocycles. The molecule has 3 rings (SSSR count). The zero-order valence-electron chi connectivity index (χ0n) is 12.3. The maximum Gasteiger partial charge on any atom is 0.352 e. The highest BCUT2D eigenvalue weighted by atomic mass is 35.5. The molecule has 0 fully saturated rings. The summed E-state index contributed by atoms with van der Waals surface area (Å²) in [5.41, 5.74) is 1.73. The number of hydrogen-bond acceptors (Lipinski definition) is 3. The molecule has 2 aromatic carbocycles. The van der Waals surface area contributed by atoms with Crippen molar-refractivity contribution in [3.8, 4) is 11.5 Å². The van der Waals surface area contributed by atoms with Crippen LogP contribution in [0, 0.1) is 0 Å². The molecule has 1 aromatic heterocycles. The van der Waals surface area contributed by atoms with Crippen molar-refractivity contribution in [1.82, 2.24) is 4.57 Å². The van der Waals surface area contributed by atoms with E-state index in [4.69, 9.17) is 16.3 Å². The first-order chi connectivity index (χ1) is 11.0. The average Bonchev–Trinajstić information content (AvgIpc) is 2.85. The lowest BCUT2D eigenvalue weighted by atomic mass is 10.2. The first kappa shape index (κ1) is 15.2. The molecule has 0 saturated carbocycles. The smallest absolute Gasteiger partial charge is 0.352 e. The van der Waals surface area contributed by atoms with Crippen molar-refractivity contribution in [2.24, 2.45) is 0 Å². The third-order valence-corrected chi connectivity index (χ3v) is 3.96. The maximum absolute atomic E-state index is 11.5. The fourth-order valence-electron chi connectivity index (χ4n) is 2.60. The molecule has 23 heavy (non-hydrogen) atoms. The van der Waals surface area contributed by atoms with E-state index in [0.29, 0.717) is 22.7 Å². The van der Waals surface area contributed by atoms with Gasteiger partial charge >= 0.3 is 5.97 Å². The number of aromatic hydroxyl groups is 1. The number of hydrogen-bond donors (Lipinski definition) is 2. The van der Waals surface area contributed by atoms with Crippen LogP contribution in [-0.2, 0) is 6.54 Å². The third-order valence-electron chi connectivity index (χ3n) is 3.66. The lowest BCUT2D eigenvalue weighted by Crippen LogP contribution is -2.09. The van der Waals surface area contributed by atoms with Crippen molar-refractivity contribution in [1.29, 1.82) is 0 Å². The fraction of sp³-hybridized carbons (Fsp3) is 0.118. The quantitative estimate of drug-likeness (QED) is 0.763. The second-order valence-electron chi connectivity index (χ2n) is 5.13. The number of halogens is 1. The van der Waals surface area contributed by atoms with Crippen molar-refractivity contribution in [3.63, 3.8) is 0 Å². The second kappa shape index (κ2) is 5.85. The number of rotatable bonds is 4. The van der Waals surface area contributed by atoms with E-state index in [2.05, 4.69) is 0 Å². The molecule has 3 aromatic rings. The van der Waals surface area contributed by atoms with E-state index >= 15 is 0 Å². The van der Waals surface area contributed by atoms with Gasteiger partial charge in [-0.3, -0.25) is 0 Å². The number of phenols is 1. The van der Waals surface area contributed by atoms with Gasteiger partial charge in [0.2, 0.25) is 0 Å². The normalized spacial score (nSPS) is 10.9. The lowest BCUT2D eigenvalue weighted by molar-refractivity contribution is 0.0686. The predicted molar refractivity (Wildman–Crippen MR) is 87.7 cm³/mol. The second-order valence-corrected chi connectivity index (χ2v) is 5.54. The Balaban J connectivity index is 2.09. The molecule has 0 aliphatic carbocycles. The van der Waals surface area contributed by atoms with Crippen molar-refractivity contribution < 1.29 is 19.7 Å². The molecular formula is C17H14ClNO4. The van der Waals surface area contributed by atoms with Gasteiger partial charge in [-0.2, -0.15) is 0 Å². The molecule has 118 valence electrons. The minimum Gasteiger partial charge on any atom is -0.508 e. The highest BCUT2D eigenvalue weighted by Crippen LogP contribution is 2.28. The van der Waals surface area contributed by atoms with Crippen LogP contribution in [0.15, 0.2) is 42.5 Å². The number of phenolic OH excluding ortho intramolecular Hbond substituents is 1. The van der Waals surface area contributed by atoms with E-state index in [1.54, 1.807) is 34.9 Å². The van der Waals surface area contributed by atoms with E-state index < -0.39 is 5.97 Å². The Morgan fingerprint density at radius 2 is 2.00 bits per heavy atom. The van der Waals surface area contributed by atoms with Crippen LogP contribution < -0.4 is 4.74 Å². The summed E-state index contributed by atoms with van der Waals surface area (Å²) in [6.07, 6.45) is 0. The minimum absolute atomic E-state index is 0.0964. The number of methoxy groups -OCH3 is 1. The zero-order chi connectivity index (χ0) is 16.6. The molecule has 0 radical (unpaired) electrons. The van der Waals surface area contributed by atoms with Crippen molar-refractivity contribution >= 4 is 28.5 Å². The predicted octanol–water partition coefficient (Wildman–Crippen LogP) is 3.76. The molecule has 0 saturated heterocycles. The number of fused-ring (bicyclic) bond motifs is 1. The Morgan fingerprint density at radius 3 is 2.65 bits per heavy atom. The number of carbonyl (C=O) groups is 1. The molecule has 0 amide bonds. The Hall–Kier alpha value is -2.66. The number of carboxylic acid groups (broad SMARTS) is 1. The summed E-state index contributed by atoms with van der Waals surface area (Å²) in [7, 11) is 1.54. The van der Waals surface area contributed by atoms with Crippen LogP contribution in [0.1, 0.15) is 16.1 Å². The maximum atomic E-state index is 11.5. The van der Waals surface area contributed by atoms with Crippen LogP contribution in [0.3, 0.4) is 0 Å². The SMILES string of the molecule is COc1ccc(Cn2c(C(=O)O)cc3cc(O)ccc32)cc1Cl. The fourth-order valence-corrected chi connectivity index (χ4v) is 2.88. The van der Waals surface area contributed by atoms with E-state index in [1.807, 2.05) is 6.07 Å². The topological polar surface area (TPSA) is 71.7 Å². The number of ether oxygens (including phenoxy) is 1. The molecule has 6 heteroatoms. The third kappa shape index (κ3) is 2.83.